The summed E-state index contributed by atoms with van der Waals surface area (Å²) in [5.41, 5.74) is 1.37. The lowest BCUT2D eigenvalue weighted by molar-refractivity contribution is 0.584. The van der Waals surface area contributed by atoms with Gasteiger partial charge in [-0.25, -0.2) is 13.8 Å². The van der Waals surface area contributed by atoms with Gasteiger partial charge >= 0.3 is 0 Å². The maximum absolute atomic E-state index is 12.9. The number of anilines is 1. The topological polar surface area (TPSA) is 24.9 Å². The number of rotatable bonds is 3. The SMILES string of the molecule is Cc1csc(CNc2cc(F)cc(F)c2)n1. The van der Waals surface area contributed by atoms with Crippen molar-refractivity contribution >= 4 is 17.0 Å². The fourth-order valence-corrected chi connectivity index (χ4v) is 2.03. The Balaban J connectivity index is 2.04. The second-order valence-electron chi connectivity index (χ2n) is 3.39. The quantitative estimate of drug-likeness (QED) is 0.890. The average Bonchev–Trinajstić information content (AvgIpc) is 2.60. The number of nitrogens with zero attached hydrogens (tertiary/aromatic N) is 1. The standard InChI is InChI=1S/C11H10F2N2S/c1-7-6-16-11(15-7)5-14-10-3-8(12)2-9(13)4-10/h2-4,6,14H,5H2,1H3. The van der Waals surface area contributed by atoms with Gasteiger partial charge in [-0.2, -0.15) is 0 Å². The highest BCUT2D eigenvalue weighted by molar-refractivity contribution is 7.09. The lowest BCUT2D eigenvalue weighted by Gasteiger charge is -2.04. The van der Waals surface area contributed by atoms with Gasteiger partial charge in [0.15, 0.2) is 0 Å². The van der Waals surface area contributed by atoms with E-state index in [0.29, 0.717) is 12.2 Å². The van der Waals surface area contributed by atoms with E-state index >= 15 is 0 Å². The predicted molar refractivity (Wildman–Crippen MR) is 60.5 cm³/mol. The second-order valence-corrected chi connectivity index (χ2v) is 4.34. The van der Waals surface area contributed by atoms with Gasteiger partial charge in [0.2, 0.25) is 0 Å². The zero-order valence-electron chi connectivity index (χ0n) is 8.63. The summed E-state index contributed by atoms with van der Waals surface area (Å²) in [4.78, 5) is 4.24. The van der Waals surface area contributed by atoms with E-state index in [1.54, 1.807) is 0 Å². The Labute approximate surface area is 96.0 Å². The van der Waals surface area contributed by atoms with Gasteiger partial charge in [-0.15, -0.1) is 11.3 Å². The largest absolute Gasteiger partial charge is 0.378 e. The average molecular weight is 240 g/mol. The van der Waals surface area contributed by atoms with Crippen LogP contribution in [0.15, 0.2) is 23.6 Å². The zero-order valence-corrected chi connectivity index (χ0v) is 9.44. The van der Waals surface area contributed by atoms with Crippen molar-refractivity contribution in [3.63, 3.8) is 0 Å². The first-order valence-electron chi connectivity index (χ1n) is 4.74. The molecule has 0 spiro atoms. The van der Waals surface area contributed by atoms with Crippen LogP contribution in [0.5, 0.6) is 0 Å². The number of aromatic nitrogens is 1. The highest BCUT2D eigenvalue weighted by atomic mass is 32.1. The Hall–Kier alpha value is -1.49. The smallest absolute Gasteiger partial charge is 0.128 e. The minimum Gasteiger partial charge on any atom is -0.378 e. The second kappa shape index (κ2) is 4.57. The van der Waals surface area contributed by atoms with Crippen molar-refractivity contribution in [2.24, 2.45) is 0 Å². The van der Waals surface area contributed by atoms with Gasteiger partial charge in [0, 0.05) is 22.8 Å². The lowest BCUT2D eigenvalue weighted by Crippen LogP contribution is -1.99. The normalized spacial score (nSPS) is 10.4. The molecule has 0 aliphatic heterocycles. The third-order valence-electron chi connectivity index (χ3n) is 1.97. The van der Waals surface area contributed by atoms with E-state index in [9.17, 15) is 8.78 Å². The van der Waals surface area contributed by atoms with Gasteiger partial charge in [-0.3, -0.25) is 0 Å². The van der Waals surface area contributed by atoms with Gasteiger partial charge in [0.05, 0.1) is 6.54 Å². The van der Waals surface area contributed by atoms with Crippen LogP contribution in [0.4, 0.5) is 14.5 Å². The summed E-state index contributed by atoms with van der Waals surface area (Å²) < 4.78 is 25.7. The molecule has 0 amide bonds. The molecule has 2 rings (SSSR count). The monoisotopic (exact) mass is 240 g/mol. The van der Waals surface area contributed by atoms with E-state index in [-0.39, 0.29) is 0 Å². The van der Waals surface area contributed by atoms with Crippen molar-refractivity contribution in [1.82, 2.24) is 4.98 Å². The van der Waals surface area contributed by atoms with Crippen molar-refractivity contribution in [3.05, 3.63) is 45.9 Å². The van der Waals surface area contributed by atoms with Crippen LogP contribution in [0.1, 0.15) is 10.7 Å². The molecule has 0 unspecified atom stereocenters. The summed E-state index contributed by atoms with van der Waals surface area (Å²) >= 11 is 1.52. The molecule has 1 aromatic carbocycles. The number of hydrogen-bond acceptors (Lipinski definition) is 3. The molecular weight excluding hydrogens is 230 g/mol. The van der Waals surface area contributed by atoms with Gasteiger partial charge in [0.25, 0.3) is 0 Å². The number of benzene rings is 1. The fraction of sp³-hybridized carbons (Fsp3) is 0.182. The van der Waals surface area contributed by atoms with Crippen LogP contribution in [0.3, 0.4) is 0 Å². The number of halogens is 2. The molecule has 0 bridgehead atoms. The molecule has 2 nitrogen and oxygen atoms in total. The minimum absolute atomic E-state index is 0.422. The molecule has 0 radical (unpaired) electrons. The summed E-state index contributed by atoms with van der Waals surface area (Å²) in [5, 5.41) is 5.75. The minimum atomic E-state index is -0.585. The third-order valence-corrected chi connectivity index (χ3v) is 2.94. The molecule has 0 fully saturated rings. The van der Waals surface area contributed by atoms with Crippen LogP contribution >= 0.6 is 11.3 Å². The Morgan fingerprint density at radius 2 is 1.94 bits per heavy atom. The maximum Gasteiger partial charge on any atom is 0.128 e. The highest BCUT2D eigenvalue weighted by Gasteiger charge is 2.02. The van der Waals surface area contributed by atoms with Crippen LogP contribution in [-0.4, -0.2) is 4.98 Å². The molecule has 0 saturated carbocycles. The van der Waals surface area contributed by atoms with E-state index in [0.717, 1.165) is 16.8 Å². The number of aryl methyl sites for hydroxylation is 1. The van der Waals surface area contributed by atoms with Crippen LogP contribution < -0.4 is 5.32 Å². The number of hydrogen-bond donors (Lipinski definition) is 1. The lowest BCUT2D eigenvalue weighted by atomic mass is 10.3. The summed E-state index contributed by atoms with van der Waals surface area (Å²) in [7, 11) is 0. The van der Waals surface area contributed by atoms with Crippen LogP contribution in [-0.2, 0) is 6.54 Å². The highest BCUT2D eigenvalue weighted by Crippen LogP contribution is 2.15. The molecule has 2 aromatic rings. The summed E-state index contributed by atoms with van der Waals surface area (Å²) in [6.07, 6.45) is 0. The molecule has 0 atom stereocenters. The maximum atomic E-state index is 12.9. The van der Waals surface area contributed by atoms with Crippen LogP contribution in [0.2, 0.25) is 0 Å². The Morgan fingerprint density at radius 1 is 1.25 bits per heavy atom. The molecule has 1 aromatic heterocycles. The molecule has 84 valence electrons. The Morgan fingerprint density at radius 3 is 2.50 bits per heavy atom. The first kappa shape index (κ1) is 11.0. The first-order chi connectivity index (χ1) is 7.63. The van der Waals surface area contributed by atoms with E-state index in [1.807, 2.05) is 12.3 Å². The van der Waals surface area contributed by atoms with Gasteiger partial charge < -0.3 is 5.32 Å². The van der Waals surface area contributed by atoms with Crippen molar-refractivity contribution in [2.75, 3.05) is 5.32 Å². The summed E-state index contributed by atoms with van der Waals surface area (Å²) in [6.45, 7) is 2.38. The molecule has 1 heterocycles. The summed E-state index contributed by atoms with van der Waals surface area (Å²) in [6, 6.07) is 3.35. The predicted octanol–water partition coefficient (Wildman–Crippen LogP) is 3.34. The van der Waals surface area contributed by atoms with Crippen molar-refractivity contribution in [1.29, 1.82) is 0 Å². The van der Waals surface area contributed by atoms with Gasteiger partial charge in [-0.1, -0.05) is 0 Å². The molecule has 16 heavy (non-hydrogen) atoms. The van der Waals surface area contributed by atoms with Crippen molar-refractivity contribution < 1.29 is 8.78 Å². The van der Waals surface area contributed by atoms with Crippen LogP contribution in [0, 0.1) is 18.6 Å². The van der Waals surface area contributed by atoms with E-state index in [4.69, 9.17) is 0 Å². The Kier molecular flexibility index (Phi) is 3.14. The molecule has 1 N–H and O–H groups in total. The van der Waals surface area contributed by atoms with Gasteiger partial charge in [0.1, 0.15) is 16.6 Å². The summed E-state index contributed by atoms with van der Waals surface area (Å²) in [5.74, 6) is -1.17. The van der Waals surface area contributed by atoms with E-state index < -0.39 is 11.6 Å². The zero-order chi connectivity index (χ0) is 11.5. The van der Waals surface area contributed by atoms with Crippen molar-refractivity contribution in [3.8, 4) is 0 Å². The Bertz CT molecular complexity index is 476. The fourth-order valence-electron chi connectivity index (χ4n) is 1.32. The number of nitrogens with one attached hydrogen (secondary N) is 1. The molecule has 0 saturated heterocycles. The molecule has 0 aliphatic carbocycles. The first-order valence-corrected chi connectivity index (χ1v) is 5.62. The third kappa shape index (κ3) is 2.76. The van der Waals surface area contributed by atoms with Crippen molar-refractivity contribution in [2.45, 2.75) is 13.5 Å². The molecular formula is C11H10F2N2S. The molecule has 0 aliphatic rings. The van der Waals surface area contributed by atoms with E-state index in [2.05, 4.69) is 10.3 Å². The van der Waals surface area contributed by atoms with Crippen LogP contribution in [0.25, 0.3) is 0 Å². The van der Waals surface area contributed by atoms with Gasteiger partial charge in [-0.05, 0) is 19.1 Å². The molecule has 5 heteroatoms. The van der Waals surface area contributed by atoms with E-state index in [1.165, 1.54) is 23.5 Å². The number of thiazole rings is 1.